The maximum Gasteiger partial charge on any atom is 0.123 e. The number of nitrogens with zero attached hydrogens (tertiary/aromatic N) is 2. The van der Waals surface area contributed by atoms with Crippen molar-refractivity contribution in [3.05, 3.63) is 16.0 Å². The van der Waals surface area contributed by atoms with E-state index in [0.717, 1.165) is 16.8 Å². The molecular formula is C7H10IN3. The van der Waals surface area contributed by atoms with Gasteiger partial charge in [-0.1, -0.05) is 0 Å². The number of halogens is 1. The highest BCUT2D eigenvalue weighted by Gasteiger charge is 2.16. The lowest BCUT2D eigenvalue weighted by molar-refractivity contribution is 0.488. The molecule has 0 spiro atoms. The minimum atomic E-state index is 0.582. The minimum absolute atomic E-state index is 0.582. The molecule has 0 bridgehead atoms. The van der Waals surface area contributed by atoms with Gasteiger partial charge in [0.15, 0.2) is 0 Å². The van der Waals surface area contributed by atoms with Crippen molar-refractivity contribution in [3.8, 4) is 0 Å². The summed E-state index contributed by atoms with van der Waals surface area (Å²) in [5.74, 6) is 0. The topological polar surface area (TPSA) is 29.9 Å². The van der Waals surface area contributed by atoms with Gasteiger partial charge in [-0.25, -0.2) is 0 Å². The van der Waals surface area contributed by atoms with Gasteiger partial charge in [-0.05, 0) is 41.6 Å². The predicted molar refractivity (Wildman–Crippen MR) is 51.5 cm³/mol. The lowest BCUT2D eigenvalue weighted by Gasteiger charge is -2.07. The maximum absolute atomic E-state index is 4.36. The van der Waals surface area contributed by atoms with Crippen LogP contribution in [0.2, 0.25) is 0 Å². The van der Waals surface area contributed by atoms with E-state index in [4.69, 9.17) is 0 Å². The third-order valence-electron chi connectivity index (χ3n) is 1.98. The largest absolute Gasteiger partial charge is 0.315 e. The van der Waals surface area contributed by atoms with Crippen LogP contribution in [0.4, 0.5) is 0 Å². The van der Waals surface area contributed by atoms with Crippen LogP contribution in [0.3, 0.4) is 0 Å². The van der Waals surface area contributed by atoms with Gasteiger partial charge in [-0.2, -0.15) is 5.10 Å². The monoisotopic (exact) mass is 263 g/mol. The molecule has 11 heavy (non-hydrogen) atoms. The first kappa shape index (κ1) is 7.54. The second kappa shape index (κ2) is 3.10. The van der Waals surface area contributed by atoms with Gasteiger partial charge in [-0.15, -0.1) is 0 Å². The highest BCUT2D eigenvalue weighted by atomic mass is 127. The molecule has 60 valence electrons. The zero-order valence-corrected chi connectivity index (χ0v) is 8.28. The smallest absolute Gasteiger partial charge is 0.123 e. The molecular weight excluding hydrogens is 253 g/mol. The number of aromatic nitrogens is 2. The van der Waals surface area contributed by atoms with E-state index in [-0.39, 0.29) is 0 Å². The molecule has 1 atom stereocenters. The Morgan fingerprint density at radius 1 is 1.73 bits per heavy atom. The Morgan fingerprint density at radius 2 is 2.64 bits per heavy atom. The van der Waals surface area contributed by atoms with E-state index in [1.165, 1.54) is 6.42 Å². The molecule has 0 radical (unpaired) electrons. The van der Waals surface area contributed by atoms with Crippen molar-refractivity contribution in [1.82, 2.24) is 15.1 Å². The van der Waals surface area contributed by atoms with E-state index in [1.807, 2.05) is 6.07 Å². The predicted octanol–water partition coefficient (Wildman–Crippen LogP) is 1.02. The molecule has 0 unspecified atom stereocenters. The Labute approximate surface area is 79.3 Å². The SMILES string of the molecule is Ic1ccn([C@H]2CCNC2)n1. The van der Waals surface area contributed by atoms with Crippen LogP contribution >= 0.6 is 22.6 Å². The van der Waals surface area contributed by atoms with Crippen LogP contribution in [0.5, 0.6) is 0 Å². The zero-order chi connectivity index (χ0) is 7.68. The van der Waals surface area contributed by atoms with E-state index in [1.54, 1.807) is 0 Å². The van der Waals surface area contributed by atoms with Gasteiger partial charge in [0.1, 0.15) is 3.70 Å². The van der Waals surface area contributed by atoms with Gasteiger partial charge in [0.05, 0.1) is 6.04 Å². The summed E-state index contributed by atoms with van der Waals surface area (Å²) in [6.45, 7) is 2.19. The summed E-state index contributed by atoms with van der Waals surface area (Å²) < 4.78 is 3.14. The molecule has 1 aliphatic rings. The molecule has 2 rings (SSSR count). The molecule has 1 N–H and O–H groups in total. The third kappa shape index (κ3) is 1.56. The van der Waals surface area contributed by atoms with Crippen LogP contribution < -0.4 is 5.32 Å². The normalized spacial score (nSPS) is 24.3. The molecule has 3 nitrogen and oxygen atoms in total. The van der Waals surface area contributed by atoms with E-state index < -0.39 is 0 Å². The first-order valence-corrected chi connectivity index (χ1v) is 4.85. The Balaban J connectivity index is 2.15. The van der Waals surface area contributed by atoms with Crippen LogP contribution in [-0.2, 0) is 0 Å². The fraction of sp³-hybridized carbons (Fsp3) is 0.571. The average Bonchev–Trinajstić information content (AvgIpc) is 2.55. The van der Waals surface area contributed by atoms with Crippen molar-refractivity contribution < 1.29 is 0 Å². The zero-order valence-electron chi connectivity index (χ0n) is 6.13. The highest BCUT2D eigenvalue weighted by molar-refractivity contribution is 14.1. The molecule has 4 heteroatoms. The van der Waals surface area contributed by atoms with Gasteiger partial charge < -0.3 is 5.32 Å². The van der Waals surface area contributed by atoms with E-state index >= 15 is 0 Å². The minimum Gasteiger partial charge on any atom is -0.315 e. The second-order valence-corrected chi connectivity index (χ2v) is 3.87. The molecule has 0 amide bonds. The van der Waals surface area contributed by atoms with Gasteiger partial charge >= 0.3 is 0 Å². The van der Waals surface area contributed by atoms with Crippen LogP contribution in [0, 0.1) is 3.70 Å². The molecule has 1 aromatic rings. The van der Waals surface area contributed by atoms with E-state index in [9.17, 15) is 0 Å². The Bertz CT molecular complexity index is 240. The van der Waals surface area contributed by atoms with E-state index in [2.05, 4.69) is 43.9 Å². The molecule has 1 fully saturated rings. The fourth-order valence-corrected chi connectivity index (χ4v) is 1.79. The second-order valence-electron chi connectivity index (χ2n) is 2.77. The van der Waals surface area contributed by atoms with Crippen LogP contribution in [0.1, 0.15) is 12.5 Å². The van der Waals surface area contributed by atoms with Gasteiger partial charge in [0.25, 0.3) is 0 Å². The summed E-state index contributed by atoms with van der Waals surface area (Å²) in [5, 5.41) is 7.67. The molecule has 1 aliphatic heterocycles. The summed E-state index contributed by atoms with van der Waals surface area (Å²) in [5.41, 5.74) is 0. The molecule has 0 aliphatic carbocycles. The first-order valence-electron chi connectivity index (χ1n) is 3.77. The van der Waals surface area contributed by atoms with Crippen LogP contribution in [0.25, 0.3) is 0 Å². The Morgan fingerprint density at radius 3 is 3.18 bits per heavy atom. The van der Waals surface area contributed by atoms with Crippen LogP contribution in [-0.4, -0.2) is 22.9 Å². The summed E-state index contributed by atoms with van der Waals surface area (Å²) in [7, 11) is 0. The summed E-state index contributed by atoms with van der Waals surface area (Å²) in [6.07, 6.45) is 3.26. The van der Waals surface area contributed by atoms with Crippen molar-refractivity contribution in [2.45, 2.75) is 12.5 Å². The summed E-state index contributed by atoms with van der Waals surface area (Å²) in [6, 6.07) is 2.62. The van der Waals surface area contributed by atoms with Crippen molar-refractivity contribution in [2.75, 3.05) is 13.1 Å². The van der Waals surface area contributed by atoms with E-state index in [0.29, 0.717) is 6.04 Å². The van der Waals surface area contributed by atoms with Gasteiger partial charge in [-0.3, -0.25) is 4.68 Å². The maximum atomic E-state index is 4.36. The Kier molecular flexibility index (Phi) is 2.13. The lowest BCUT2D eigenvalue weighted by atomic mass is 10.3. The quantitative estimate of drug-likeness (QED) is 0.767. The summed E-state index contributed by atoms with van der Waals surface area (Å²) >= 11 is 2.23. The molecule has 2 heterocycles. The average molecular weight is 263 g/mol. The highest BCUT2D eigenvalue weighted by Crippen LogP contribution is 2.14. The number of hydrogen-bond donors (Lipinski definition) is 1. The molecule has 0 aromatic carbocycles. The number of rotatable bonds is 1. The fourth-order valence-electron chi connectivity index (χ4n) is 1.38. The molecule has 1 saturated heterocycles. The number of hydrogen-bond acceptors (Lipinski definition) is 2. The van der Waals surface area contributed by atoms with Crippen molar-refractivity contribution >= 4 is 22.6 Å². The number of nitrogens with one attached hydrogen (secondary N) is 1. The van der Waals surface area contributed by atoms with Crippen molar-refractivity contribution in [1.29, 1.82) is 0 Å². The van der Waals surface area contributed by atoms with Crippen LogP contribution in [0.15, 0.2) is 12.3 Å². The Hall–Kier alpha value is -0.100. The van der Waals surface area contributed by atoms with Crippen molar-refractivity contribution in [3.63, 3.8) is 0 Å². The summed E-state index contributed by atoms with van der Waals surface area (Å²) in [4.78, 5) is 0. The lowest BCUT2D eigenvalue weighted by Crippen LogP contribution is -2.13. The van der Waals surface area contributed by atoms with Gasteiger partial charge in [0.2, 0.25) is 0 Å². The van der Waals surface area contributed by atoms with Gasteiger partial charge in [0, 0.05) is 12.7 Å². The van der Waals surface area contributed by atoms with Crippen molar-refractivity contribution in [2.24, 2.45) is 0 Å². The standard InChI is InChI=1S/C7H10IN3/c8-7-2-4-11(10-7)6-1-3-9-5-6/h2,4,6,9H,1,3,5H2/t6-/m0/s1. The third-order valence-corrected chi connectivity index (χ3v) is 2.56. The first-order chi connectivity index (χ1) is 5.36. The molecule has 0 saturated carbocycles. The molecule has 1 aromatic heterocycles.